The summed E-state index contributed by atoms with van der Waals surface area (Å²) in [5.41, 5.74) is 1.22. The van der Waals surface area contributed by atoms with Crippen LogP contribution in [-0.2, 0) is 12.0 Å². The third kappa shape index (κ3) is 2.97. The quantitative estimate of drug-likeness (QED) is 0.874. The fourth-order valence-electron chi connectivity index (χ4n) is 2.89. The molecular formula is C17H17FN4. The summed E-state index contributed by atoms with van der Waals surface area (Å²) in [6.45, 7) is 2.30. The standard InChI is InChI=1S/C17H17FN4/c18-14-4-5-15(21-11-14)12-22-9-6-17(13-19,7-10-22)16-3-1-2-8-20-16/h1-5,8,11H,6-7,9-10,12H2. The van der Waals surface area contributed by atoms with Gasteiger partial charge in [-0.05, 0) is 37.1 Å². The number of hydrogen-bond donors (Lipinski definition) is 0. The van der Waals surface area contributed by atoms with Crippen molar-refractivity contribution in [3.05, 3.63) is 59.9 Å². The van der Waals surface area contributed by atoms with E-state index >= 15 is 0 Å². The fraction of sp³-hybridized carbons (Fsp3) is 0.353. The van der Waals surface area contributed by atoms with Gasteiger partial charge in [-0.1, -0.05) is 6.07 Å². The molecule has 5 heteroatoms. The van der Waals surface area contributed by atoms with E-state index in [-0.39, 0.29) is 5.82 Å². The number of hydrogen-bond acceptors (Lipinski definition) is 4. The van der Waals surface area contributed by atoms with Gasteiger partial charge in [0.2, 0.25) is 0 Å². The lowest BCUT2D eigenvalue weighted by atomic mass is 9.76. The summed E-state index contributed by atoms with van der Waals surface area (Å²) in [6, 6.07) is 11.3. The van der Waals surface area contributed by atoms with Gasteiger partial charge in [-0.2, -0.15) is 5.26 Å². The van der Waals surface area contributed by atoms with Crippen LogP contribution in [0.15, 0.2) is 42.7 Å². The van der Waals surface area contributed by atoms with E-state index in [4.69, 9.17) is 0 Å². The molecule has 0 unspecified atom stereocenters. The number of nitrogens with zero attached hydrogens (tertiary/aromatic N) is 4. The van der Waals surface area contributed by atoms with Gasteiger partial charge in [0.1, 0.15) is 11.2 Å². The number of pyridine rings is 2. The van der Waals surface area contributed by atoms with Crippen LogP contribution in [0.5, 0.6) is 0 Å². The first kappa shape index (κ1) is 14.6. The first-order chi connectivity index (χ1) is 10.7. The van der Waals surface area contributed by atoms with Gasteiger partial charge in [0.25, 0.3) is 0 Å². The molecule has 112 valence electrons. The Bertz CT molecular complexity index is 655. The van der Waals surface area contributed by atoms with Crippen molar-refractivity contribution in [3.8, 4) is 6.07 Å². The molecule has 0 amide bonds. The molecule has 22 heavy (non-hydrogen) atoms. The van der Waals surface area contributed by atoms with E-state index in [1.165, 1.54) is 12.3 Å². The zero-order valence-corrected chi connectivity index (χ0v) is 12.2. The van der Waals surface area contributed by atoms with Crippen LogP contribution in [-0.4, -0.2) is 28.0 Å². The molecule has 0 radical (unpaired) electrons. The van der Waals surface area contributed by atoms with Crippen molar-refractivity contribution < 1.29 is 4.39 Å². The second-order valence-electron chi connectivity index (χ2n) is 5.65. The highest BCUT2D eigenvalue weighted by Crippen LogP contribution is 2.33. The Kier molecular flexibility index (Phi) is 4.12. The summed E-state index contributed by atoms with van der Waals surface area (Å²) < 4.78 is 12.9. The normalized spacial score (nSPS) is 17.8. The molecule has 0 bridgehead atoms. The largest absolute Gasteiger partial charge is 0.297 e. The zero-order valence-electron chi connectivity index (χ0n) is 12.2. The molecule has 1 aliphatic heterocycles. The molecular weight excluding hydrogens is 279 g/mol. The van der Waals surface area contributed by atoms with E-state index < -0.39 is 5.41 Å². The van der Waals surface area contributed by atoms with Gasteiger partial charge in [0.05, 0.1) is 23.7 Å². The van der Waals surface area contributed by atoms with E-state index in [0.29, 0.717) is 6.54 Å². The first-order valence-corrected chi connectivity index (χ1v) is 7.37. The van der Waals surface area contributed by atoms with Crippen molar-refractivity contribution >= 4 is 0 Å². The Labute approximate surface area is 129 Å². The van der Waals surface area contributed by atoms with Gasteiger partial charge in [0.15, 0.2) is 0 Å². The summed E-state index contributed by atoms with van der Waals surface area (Å²) in [5, 5.41) is 9.64. The molecule has 0 N–H and O–H groups in total. The molecule has 1 saturated heterocycles. The zero-order chi connectivity index (χ0) is 15.4. The number of aromatic nitrogens is 2. The predicted octanol–water partition coefficient (Wildman–Crippen LogP) is 2.67. The molecule has 4 nitrogen and oxygen atoms in total. The third-order valence-electron chi connectivity index (χ3n) is 4.25. The van der Waals surface area contributed by atoms with Crippen molar-refractivity contribution in [1.29, 1.82) is 5.26 Å². The van der Waals surface area contributed by atoms with Crippen molar-refractivity contribution in [3.63, 3.8) is 0 Å². The van der Waals surface area contributed by atoms with Crippen LogP contribution < -0.4 is 0 Å². The van der Waals surface area contributed by atoms with Gasteiger partial charge < -0.3 is 0 Å². The Morgan fingerprint density at radius 1 is 1.18 bits per heavy atom. The van der Waals surface area contributed by atoms with Crippen LogP contribution in [0.4, 0.5) is 4.39 Å². The van der Waals surface area contributed by atoms with Crippen LogP contribution in [0.2, 0.25) is 0 Å². The maximum Gasteiger partial charge on any atom is 0.141 e. The molecule has 1 aliphatic rings. The molecule has 0 aromatic carbocycles. The van der Waals surface area contributed by atoms with Gasteiger partial charge in [-0.25, -0.2) is 4.39 Å². The Morgan fingerprint density at radius 2 is 2.00 bits per heavy atom. The minimum Gasteiger partial charge on any atom is -0.297 e. The molecule has 3 heterocycles. The highest BCUT2D eigenvalue weighted by molar-refractivity contribution is 5.27. The van der Waals surface area contributed by atoms with Gasteiger partial charge >= 0.3 is 0 Å². The molecule has 2 aromatic rings. The van der Waals surface area contributed by atoms with Gasteiger partial charge in [-0.15, -0.1) is 0 Å². The number of rotatable bonds is 3. The van der Waals surface area contributed by atoms with Crippen molar-refractivity contribution in [2.24, 2.45) is 0 Å². The average molecular weight is 296 g/mol. The lowest BCUT2D eigenvalue weighted by molar-refractivity contribution is 0.175. The minimum atomic E-state index is -0.492. The monoisotopic (exact) mass is 296 g/mol. The molecule has 0 atom stereocenters. The summed E-state index contributed by atoms with van der Waals surface area (Å²) in [4.78, 5) is 10.7. The topological polar surface area (TPSA) is 52.8 Å². The second kappa shape index (κ2) is 6.20. The van der Waals surface area contributed by atoms with Crippen molar-refractivity contribution in [1.82, 2.24) is 14.9 Å². The van der Waals surface area contributed by atoms with E-state index in [1.54, 1.807) is 12.3 Å². The lowest BCUT2D eigenvalue weighted by Gasteiger charge is -2.36. The lowest BCUT2D eigenvalue weighted by Crippen LogP contribution is -2.42. The van der Waals surface area contributed by atoms with E-state index in [2.05, 4.69) is 20.9 Å². The smallest absolute Gasteiger partial charge is 0.141 e. The number of nitriles is 1. The highest BCUT2D eigenvalue weighted by Gasteiger charge is 2.37. The summed E-state index contributed by atoms with van der Waals surface area (Å²) in [5.74, 6) is -0.318. The Hall–Kier alpha value is -2.32. The van der Waals surface area contributed by atoms with Gasteiger partial charge in [-0.3, -0.25) is 14.9 Å². The Balaban J connectivity index is 1.67. The van der Waals surface area contributed by atoms with Crippen LogP contribution in [0, 0.1) is 17.1 Å². The molecule has 0 saturated carbocycles. The maximum absolute atomic E-state index is 12.9. The second-order valence-corrected chi connectivity index (χ2v) is 5.65. The van der Waals surface area contributed by atoms with E-state index in [9.17, 15) is 9.65 Å². The molecule has 2 aromatic heterocycles. The molecule has 3 rings (SSSR count). The fourth-order valence-corrected chi connectivity index (χ4v) is 2.89. The molecule has 0 spiro atoms. The average Bonchev–Trinajstić information content (AvgIpc) is 2.59. The highest BCUT2D eigenvalue weighted by atomic mass is 19.1. The van der Waals surface area contributed by atoms with Crippen molar-refractivity contribution in [2.75, 3.05) is 13.1 Å². The summed E-state index contributed by atoms with van der Waals surface area (Å²) in [7, 11) is 0. The minimum absolute atomic E-state index is 0.318. The summed E-state index contributed by atoms with van der Waals surface area (Å²) in [6.07, 6.45) is 4.49. The van der Waals surface area contributed by atoms with Gasteiger partial charge in [0, 0.05) is 25.8 Å². The number of likely N-dealkylation sites (tertiary alicyclic amines) is 1. The number of halogens is 1. The maximum atomic E-state index is 12.9. The number of piperidine rings is 1. The van der Waals surface area contributed by atoms with Crippen LogP contribution in [0.3, 0.4) is 0 Å². The van der Waals surface area contributed by atoms with E-state index in [1.807, 2.05) is 18.2 Å². The Morgan fingerprint density at radius 3 is 2.59 bits per heavy atom. The first-order valence-electron chi connectivity index (χ1n) is 7.37. The predicted molar refractivity (Wildman–Crippen MR) is 80.2 cm³/mol. The van der Waals surface area contributed by atoms with Crippen LogP contribution >= 0.6 is 0 Å². The molecule has 0 aliphatic carbocycles. The summed E-state index contributed by atoms with van der Waals surface area (Å²) >= 11 is 0. The molecule has 1 fully saturated rings. The third-order valence-corrected chi connectivity index (χ3v) is 4.25. The van der Waals surface area contributed by atoms with Crippen LogP contribution in [0.1, 0.15) is 24.2 Å². The van der Waals surface area contributed by atoms with E-state index in [0.717, 1.165) is 37.3 Å². The van der Waals surface area contributed by atoms with Crippen molar-refractivity contribution in [2.45, 2.75) is 24.8 Å². The SMILES string of the molecule is N#CC1(c2ccccn2)CCN(Cc2ccc(F)cn2)CC1. The van der Waals surface area contributed by atoms with Crippen LogP contribution in [0.25, 0.3) is 0 Å².